The van der Waals surface area contributed by atoms with E-state index in [9.17, 15) is 0 Å². The molecule has 13 nitrogen and oxygen atoms in total. The van der Waals surface area contributed by atoms with Crippen molar-refractivity contribution in [2.45, 2.75) is 19.5 Å². The van der Waals surface area contributed by atoms with Gasteiger partial charge in [0.1, 0.15) is 0 Å². The fourth-order valence-electron chi connectivity index (χ4n) is 3.39. The van der Waals surface area contributed by atoms with E-state index in [1.54, 1.807) is 11.3 Å². The van der Waals surface area contributed by atoms with Gasteiger partial charge in [-0.1, -0.05) is 0 Å². The molecule has 0 aliphatic rings. The summed E-state index contributed by atoms with van der Waals surface area (Å²) in [6.07, 6.45) is 0.784. The molecule has 0 aromatic carbocycles. The van der Waals surface area contributed by atoms with Gasteiger partial charge in [0.15, 0.2) is 0 Å². The number of hydrogen-bond acceptors (Lipinski definition) is 13. The summed E-state index contributed by atoms with van der Waals surface area (Å²) in [5, 5.41) is 7.46. The number of hydrogen-bond donors (Lipinski definition) is 4. The summed E-state index contributed by atoms with van der Waals surface area (Å²) in [6, 6.07) is 6.19. The SMILES string of the molecule is CN(C)c1nc(NCc2ccsc2)nc(N(C)CCc2ccc(CN(C)c3nc(N)nc(N)n3)[nH]2)n1. The summed E-state index contributed by atoms with van der Waals surface area (Å²) in [7, 11) is 7.68. The molecule has 36 heavy (non-hydrogen) atoms. The molecule has 0 saturated carbocycles. The number of rotatable bonds is 11. The number of H-pyrrole nitrogens is 1. The normalized spacial score (nSPS) is 10.9. The smallest absolute Gasteiger partial charge is 0.232 e. The minimum Gasteiger partial charge on any atom is -0.368 e. The van der Waals surface area contributed by atoms with Gasteiger partial charge in [-0.25, -0.2) is 0 Å². The van der Waals surface area contributed by atoms with Crippen molar-refractivity contribution in [1.82, 2.24) is 34.9 Å². The highest BCUT2D eigenvalue weighted by atomic mass is 32.1. The Morgan fingerprint density at radius 3 is 2.22 bits per heavy atom. The van der Waals surface area contributed by atoms with Crippen LogP contribution < -0.4 is 31.5 Å². The number of aromatic amines is 1. The molecular weight excluding hydrogens is 478 g/mol. The van der Waals surface area contributed by atoms with Crippen LogP contribution in [0.4, 0.5) is 35.7 Å². The summed E-state index contributed by atoms with van der Waals surface area (Å²) in [5.41, 5.74) is 14.7. The Kier molecular flexibility index (Phi) is 7.63. The van der Waals surface area contributed by atoms with Crippen molar-refractivity contribution < 1.29 is 0 Å². The van der Waals surface area contributed by atoms with Crippen molar-refractivity contribution in [1.29, 1.82) is 0 Å². The molecular formula is C22H31N13S. The van der Waals surface area contributed by atoms with E-state index in [0.717, 1.165) is 24.4 Å². The van der Waals surface area contributed by atoms with E-state index in [-0.39, 0.29) is 11.9 Å². The number of nitrogens with one attached hydrogen (secondary N) is 2. The molecule has 6 N–H and O–H groups in total. The lowest BCUT2D eigenvalue weighted by molar-refractivity contribution is 0.800. The highest BCUT2D eigenvalue weighted by Gasteiger charge is 2.13. The maximum Gasteiger partial charge on any atom is 0.232 e. The molecule has 0 aliphatic carbocycles. The van der Waals surface area contributed by atoms with Gasteiger partial charge >= 0.3 is 0 Å². The molecule has 4 heterocycles. The topological polar surface area (TPSA) is 167 Å². The van der Waals surface area contributed by atoms with Gasteiger partial charge in [0, 0.05) is 59.1 Å². The third-order valence-electron chi connectivity index (χ3n) is 5.31. The van der Waals surface area contributed by atoms with E-state index in [0.29, 0.717) is 36.9 Å². The van der Waals surface area contributed by atoms with Crippen LogP contribution in [0.2, 0.25) is 0 Å². The molecule has 0 saturated heterocycles. The average Bonchev–Trinajstić information content (AvgIpc) is 3.52. The molecule has 0 spiro atoms. The monoisotopic (exact) mass is 509 g/mol. The van der Waals surface area contributed by atoms with Crippen molar-refractivity contribution in [2.75, 3.05) is 66.2 Å². The molecule has 4 rings (SSSR count). The fraction of sp³-hybridized carbons (Fsp3) is 0.364. The third-order valence-corrected chi connectivity index (χ3v) is 6.05. The first-order chi connectivity index (χ1) is 17.3. The fourth-order valence-corrected chi connectivity index (χ4v) is 4.06. The minimum atomic E-state index is 0.0974. The minimum absolute atomic E-state index is 0.0974. The predicted octanol–water partition coefficient (Wildman–Crippen LogP) is 1.60. The second kappa shape index (κ2) is 11.0. The standard InChI is InChI=1S/C22H31N13S/c1-33(2)20-30-19(25-11-14-8-10-36-13-14)31-22(32-20)34(3)9-7-15-5-6-16(26-15)12-35(4)21-28-17(23)27-18(24)29-21/h5-6,8,10,13,26H,7,9,11-12H2,1-4H3,(H,25,30,31,32)(H4,23,24,27,28,29). The molecule has 14 heteroatoms. The van der Waals surface area contributed by atoms with E-state index < -0.39 is 0 Å². The van der Waals surface area contributed by atoms with Crippen LogP contribution in [-0.4, -0.2) is 69.6 Å². The lowest BCUT2D eigenvalue weighted by Crippen LogP contribution is -2.25. The molecule has 0 atom stereocenters. The first-order valence-corrected chi connectivity index (χ1v) is 12.3. The van der Waals surface area contributed by atoms with Gasteiger partial charge in [-0.05, 0) is 34.5 Å². The molecule has 0 fully saturated rings. The second-order valence-corrected chi connectivity index (χ2v) is 9.31. The van der Waals surface area contributed by atoms with Crippen LogP contribution in [0, 0.1) is 0 Å². The summed E-state index contributed by atoms with van der Waals surface area (Å²) in [6.45, 7) is 1.95. The predicted molar refractivity (Wildman–Crippen MR) is 144 cm³/mol. The van der Waals surface area contributed by atoms with Gasteiger partial charge in [0.05, 0.1) is 6.54 Å². The van der Waals surface area contributed by atoms with Crippen LogP contribution in [0.15, 0.2) is 29.0 Å². The van der Waals surface area contributed by atoms with Gasteiger partial charge in [0.25, 0.3) is 0 Å². The quantitative estimate of drug-likeness (QED) is 0.231. The van der Waals surface area contributed by atoms with Crippen molar-refractivity contribution >= 4 is 47.0 Å². The van der Waals surface area contributed by atoms with E-state index >= 15 is 0 Å². The van der Waals surface area contributed by atoms with Crippen molar-refractivity contribution in [3.8, 4) is 0 Å². The zero-order chi connectivity index (χ0) is 25.7. The summed E-state index contributed by atoms with van der Waals surface area (Å²) < 4.78 is 0. The maximum absolute atomic E-state index is 5.68. The molecule has 0 aliphatic heterocycles. The molecule has 0 radical (unpaired) electrons. The number of thiophene rings is 1. The van der Waals surface area contributed by atoms with Crippen LogP contribution >= 0.6 is 11.3 Å². The van der Waals surface area contributed by atoms with Crippen molar-refractivity contribution in [3.05, 3.63) is 45.9 Å². The van der Waals surface area contributed by atoms with Crippen LogP contribution in [0.3, 0.4) is 0 Å². The number of aromatic nitrogens is 7. The highest BCUT2D eigenvalue weighted by Crippen LogP contribution is 2.17. The number of nitrogens with zero attached hydrogens (tertiary/aromatic N) is 9. The number of nitrogen functional groups attached to an aromatic ring is 2. The Hall–Kier alpha value is -4.20. The summed E-state index contributed by atoms with van der Waals surface area (Å²) in [4.78, 5) is 35.1. The van der Waals surface area contributed by atoms with Crippen LogP contribution in [0.25, 0.3) is 0 Å². The van der Waals surface area contributed by atoms with Crippen molar-refractivity contribution in [2.24, 2.45) is 0 Å². The maximum atomic E-state index is 5.68. The molecule has 4 aromatic heterocycles. The Morgan fingerprint density at radius 1 is 0.833 bits per heavy atom. The molecule has 4 aromatic rings. The molecule has 190 valence electrons. The molecule has 0 bridgehead atoms. The summed E-state index contributed by atoms with van der Waals surface area (Å²) in [5.74, 6) is 2.38. The lowest BCUT2D eigenvalue weighted by Gasteiger charge is -2.20. The Balaban J connectivity index is 1.37. The molecule has 0 unspecified atom stereocenters. The average molecular weight is 510 g/mol. The lowest BCUT2D eigenvalue weighted by atomic mass is 10.3. The first-order valence-electron chi connectivity index (χ1n) is 11.3. The van der Waals surface area contributed by atoms with Gasteiger partial charge in [0.2, 0.25) is 35.7 Å². The van der Waals surface area contributed by atoms with Crippen molar-refractivity contribution in [3.63, 3.8) is 0 Å². The van der Waals surface area contributed by atoms with E-state index in [2.05, 4.69) is 63.1 Å². The largest absolute Gasteiger partial charge is 0.368 e. The number of anilines is 6. The molecule has 0 amide bonds. The highest BCUT2D eigenvalue weighted by molar-refractivity contribution is 7.07. The van der Waals surface area contributed by atoms with Crippen LogP contribution in [0.5, 0.6) is 0 Å². The van der Waals surface area contributed by atoms with E-state index in [1.807, 2.05) is 49.0 Å². The third kappa shape index (κ3) is 6.47. The zero-order valence-corrected chi connectivity index (χ0v) is 21.6. The van der Waals surface area contributed by atoms with Gasteiger partial charge in [-0.3, -0.25) is 0 Å². The number of likely N-dealkylation sites (N-methyl/N-ethyl adjacent to an activating group) is 1. The first kappa shape index (κ1) is 24.9. The number of nitrogens with two attached hydrogens (primary N) is 2. The summed E-state index contributed by atoms with van der Waals surface area (Å²) >= 11 is 1.67. The Labute approximate surface area is 213 Å². The zero-order valence-electron chi connectivity index (χ0n) is 20.8. The van der Waals surface area contributed by atoms with Gasteiger partial charge in [-0.15, -0.1) is 0 Å². The van der Waals surface area contributed by atoms with E-state index in [4.69, 9.17) is 11.5 Å². The Morgan fingerprint density at radius 2 is 1.53 bits per heavy atom. The van der Waals surface area contributed by atoms with Gasteiger partial charge in [-0.2, -0.15) is 41.2 Å². The van der Waals surface area contributed by atoms with E-state index in [1.165, 1.54) is 5.56 Å². The Bertz CT molecular complexity index is 1250. The second-order valence-electron chi connectivity index (χ2n) is 8.53. The van der Waals surface area contributed by atoms with Gasteiger partial charge < -0.3 is 36.5 Å². The van der Waals surface area contributed by atoms with Crippen LogP contribution in [-0.2, 0) is 19.5 Å². The van der Waals surface area contributed by atoms with Crippen LogP contribution in [0.1, 0.15) is 17.0 Å².